The molecule has 0 aliphatic heterocycles. The average molecular weight is 203 g/mol. The molecule has 0 heterocycles. The van der Waals surface area contributed by atoms with Gasteiger partial charge < -0.3 is 5.32 Å². The van der Waals surface area contributed by atoms with E-state index in [4.69, 9.17) is 0 Å². The molecule has 82 valence electrons. The predicted molar refractivity (Wildman–Crippen MR) is 65.0 cm³/mol. The minimum Gasteiger partial charge on any atom is -0.317 e. The molecule has 0 aromatic heterocycles. The van der Waals surface area contributed by atoms with Gasteiger partial charge in [0.1, 0.15) is 0 Å². The van der Waals surface area contributed by atoms with Crippen LogP contribution in [-0.2, 0) is 0 Å². The second kappa shape index (κ2) is 4.36. The van der Waals surface area contributed by atoms with Gasteiger partial charge in [0, 0.05) is 6.04 Å². The largest absolute Gasteiger partial charge is 0.317 e. The maximum absolute atomic E-state index is 3.43. The highest BCUT2D eigenvalue weighted by atomic mass is 14.9. The van der Waals surface area contributed by atoms with Gasteiger partial charge in [-0.15, -0.1) is 0 Å². The normalized spacial score (nSPS) is 30.3. The summed E-state index contributed by atoms with van der Waals surface area (Å²) >= 11 is 0. The molecule has 1 aromatic carbocycles. The fraction of sp³-hybridized carbons (Fsp3) is 0.571. The van der Waals surface area contributed by atoms with E-state index < -0.39 is 0 Å². The highest BCUT2D eigenvalue weighted by Crippen LogP contribution is 2.46. The van der Waals surface area contributed by atoms with Crippen LogP contribution in [0.2, 0.25) is 0 Å². The zero-order chi connectivity index (χ0) is 10.8. The first kappa shape index (κ1) is 10.7. The molecule has 0 radical (unpaired) electrons. The summed E-state index contributed by atoms with van der Waals surface area (Å²) in [7, 11) is 2.08. The van der Waals surface area contributed by atoms with Crippen molar-refractivity contribution in [3.63, 3.8) is 0 Å². The van der Waals surface area contributed by atoms with Crippen molar-refractivity contribution in [3.05, 3.63) is 35.9 Å². The van der Waals surface area contributed by atoms with E-state index in [1.807, 2.05) is 0 Å². The van der Waals surface area contributed by atoms with Crippen molar-refractivity contribution in [1.82, 2.24) is 5.32 Å². The van der Waals surface area contributed by atoms with Crippen molar-refractivity contribution < 1.29 is 0 Å². The fourth-order valence-corrected chi connectivity index (χ4v) is 2.97. The van der Waals surface area contributed by atoms with Crippen molar-refractivity contribution in [1.29, 1.82) is 0 Å². The summed E-state index contributed by atoms with van der Waals surface area (Å²) in [5.74, 6) is 2.34. The van der Waals surface area contributed by atoms with E-state index in [2.05, 4.69) is 56.5 Å². The summed E-state index contributed by atoms with van der Waals surface area (Å²) in [6.07, 6.45) is 1.30. The average Bonchev–Trinajstić information content (AvgIpc) is 2.17. The highest BCUT2D eigenvalue weighted by Gasteiger charge is 2.42. The number of nitrogens with one attached hydrogen (secondary N) is 1. The second-order valence-electron chi connectivity index (χ2n) is 4.97. The number of hydrogen-bond acceptors (Lipinski definition) is 1. The van der Waals surface area contributed by atoms with E-state index in [1.165, 1.54) is 12.0 Å². The molecule has 3 unspecified atom stereocenters. The van der Waals surface area contributed by atoms with E-state index in [0.717, 1.165) is 23.8 Å². The Kier molecular flexibility index (Phi) is 3.11. The van der Waals surface area contributed by atoms with Crippen LogP contribution in [0.1, 0.15) is 31.7 Å². The van der Waals surface area contributed by atoms with E-state index >= 15 is 0 Å². The predicted octanol–water partition coefficient (Wildman–Crippen LogP) is 3.03. The second-order valence-corrected chi connectivity index (χ2v) is 4.97. The van der Waals surface area contributed by atoms with E-state index in [9.17, 15) is 0 Å². The van der Waals surface area contributed by atoms with Crippen molar-refractivity contribution >= 4 is 0 Å². The van der Waals surface area contributed by atoms with E-state index in [-0.39, 0.29) is 0 Å². The van der Waals surface area contributed by atoms with E-state index in [0.29, 0.717) is 0 Å². The lowest BCUT2D eigenvalue weighted by Gasteiger charge is -2.47. The summed E-state index contributed by atoms with van der Waals surface area (Å²) < 4.78 is 0. The summed E-state index contributed by atoms with van der Waals surface area (Å²) in [6.45, 7) is 4.67. The molecule has 2 rings (SSSR count). The molecule has 1 heteroatoms. The maximum atomic E-state index is 3.43. The van der Waals surface area contributed by atoms with Crippen LogP contribution >= 0.6 is 0 Å². The Balaban J connectivity index is 2.12. The fourth-order valence-electron chi connectivity index (χ4n) is 2.97. The minimum absolute atomic E-state index is 0.718. The van der Waals surface area contributed by atoms with Gasteiger partial charge in [-0.1, -0.05) is 44.2 Å². The maximum Gasteiger partial charge on any atom is 0.0107 e. The molecule has 0 amide bonds. The van der Waals surface area contributed by atoms with Gasteiger partial charge in [0.15, 0.2) is 0 Å². The molecular weight excluding hydrogens is 182 g/mol. The Bertz CT molecular complexity index is 304. The van der Waals surface area contributed by atoms with Crippen LogP contribution < -0.4 is 5.32 Å². The van der Waals surface area contributed by atoms with E-state index in [1.54, 1.807) is 0 Å². The molecule has 1 aromatic rings. The van der Waals surface area contributed by atoms with Gasteiger partial charge in [-0.2, -0.15) is 0 Å². The van der Waals surface area contributed by atoms with Crippen molar-refractivity contribution in [2.24, 2.45) is 11.8 Å². The smallest absolute Gasteiger partial charge is 0.0107 e. The number of benzene rings is 1. The molecule has 0 spiro atoms. The lowest BCUT2D eigenvalue weighted by Crippen LogP contribution is -2.50. The lowest BCUT2D eigenvalue weighted by atomic mass is 9.61. The van der Waals surface area contributed by atoms with Crippen LogP contribution in [0, 0.1) is 11.8 Å². The lowest BCUT2D eigenvalue weighted by molar-refractivity contribution is 0.123. The molecule has 1 fully saturated rings. The molecule has 0 saturated heterocycles. The van der Waals surface area contributed by atoms with Gasteiger partial charge in [0.25, 0.3) is 0 Å². The third kappa shape index (κ3) is 1.93. The first-order chi connectivity index (χ1) is 7.24. The van der Waals surface area contributed by atoms with Crippen LogP contribution in [0.4, 0.5) is 0 Å². The Labute approximate surface area is 92.9 Å². The summed E-state index contributed by atoms with van der Waals surface area (Å²) in [6, 6.07) is 11.7. The van der Waals surface area contributed by atoms with Crippen LogP contribution in [-0.4, -0.2) is 13.1 Å². The molecule has 1 nitrogen and oxygen atoms in total. The van der Waals surface area contributed by atoms with Crippen molar-refractivity contribution in [2.75, 3.05) is 7.05 Å². The standard InChI is InChI=1S/C14H21N/c1-10(2)14-12(9-13(14)15-3)11-7-5-4-6-8-11/h4-8,10,12-15H,9H2,1-3H3. The Morgan fingerprint density at radius 2 is 1.87 bits per heavy atom. The topological polar surface area (TPSA) is 12.0 Å². The molecule has 15 heavy (non-hydrogen) atoms. The molecule has 1 saturated carbocycles. The molecule has 3 atom stereocenters. The van der Waals surface area contributed by atoms with Crippen LogP contribution in [0.15, 0.2) is 30.3 Å². The molecular formula is C14H21N. The van der Waals surface area contributed by atoms with Gasteiger partial charge in [-0.3, -0.25) is 0 Å². The minimum atomic E-state index is 0.718. The Morgan fingerprint density at radius 3 is 2.40 bits per heavy atom. The van der Waals surface area contributed by atoms with Gasteiger partial charge in [0.05, 0.1) is 0 Å². The Hall–Kier alpha value is -0.820. The first-order valence-electron chi connectivity index (χ1n) is 5.96. The quantitative estimate of drug-likeness (QED) is 0.796. The summed E-state index contributed by atoms with van der Waals surface area (Å²) in [5.41, 5.74) is 1.52. The van der Waals surface area contributed by atoms with Crippen LogP contribution in [0.25, 0.3) is 0 Å². The van der Waals surface area contributed by atoms with Gasteiger partial charge >= 0.3 is 0 Å². The third-order valence-electron chi connectivity index (χ3n) is 3.81. The SMILES string of the molecule is CNC1CC(c2ccccc2)C1C(C)C. The molecule has 1 N–H and O–H groups in total. The van der Waals surface area contributed by atoms with Crippen LogP contribution in [0.3, 0.4) is 0 Å². The van der Waals surface area contributed by atoms with Crippen LogP contribution in [0.5, 0.6) is 0 Å². The Morgan fingerprint density at radius 1 is 1.20 bits per heavy atom. The monoisotopic (exact) mass is 203 g/mol. The molecule has 0 bridgehead atoms. The van der Waals surface area contributed by atoms with Gasteiger partial charge in [-0.05, 0) is 36.8 Å². The number of hydrogen-bond donors (Lipinski definition) is 1. The first-order valence-corrected chi connectivity index (χ1v) is 5.96. The zero-order valence-corrected chi connectivity index (χ0v) is 9.90. The third-order valence-corrected chi connectivity index (χ3v) is 3.81. The molecule has 1 aliphatic rings. The van der Waals surface area contributed by atoms with Crippen molar-refractivity contribution in [2.45, 2.75) is 32.2 Å². The number of rotatable bonds is 3. The molecule has 1 aliphatic carbocycles. The summed E-state index contributed by atoms with van der Waals surface area (Å²) in [4.78, 5) is 0. The van der Waals surface area contributed by atoms with Gasteiger partial charge in [0.2, 0.25) is 0 Å². The summed E-state index contributed by atoms with van der Waals surface area (Å²) in [5, 5.41) is 3.43. The van der Waals surface area contributed by atoms with Crippen molar-refractivity contribution in [3.8, 4) is 0 Å². The van der Waals surface area contributed by atoms with Gasteiger partial charge in [-0.25, -0.2) is 0 Å². The zero-order valence-electron chi connectivity index (χ0n) is 9.90. The highest BCUT2D eigenvalue weighted by molar-refractivity contribution is 5.25.